The van der Waals surface area contributed by atoms with Crippen LogP contribution in [0.15, 0.2) is 96.2 Å². The summed E-state index contributed by atoms with van der Waals surface area (Å²) in [7, 11) is 0. The van der Waals surface area contributed by atoms with Crippen molar-refractivity contribution in [2.45, 2.75) is 429 Å². The van der Waals surface area contributed by atoms with Crippen LogP contribution in [0.1, 0.15) is 398 Å². The molecule has 2 heteroatoms. The van der Waals surface area contributed by atoms with Gasteiger partial charge >= 0.3 is 0 Å². The normalized spacial score (nSPS) is 21.9. The van der Waals surface area contributed by atoms with E-state index in [0.29, 0.717) is 0 Å². The second-order valence-electron chi connectivity index (χ2n) is 35.6. The molecule has 0 amide bonds. The summed E-state index contributed by atoms with van der Waals surface area (Å²) in [5.41, 5.74) is 8.16. The molecule has 558 valence electrons. The first-order chi connectivity index (χ1) is 47.0. The van der Waals surface area contributed by atoms with E-state index in [2.05, 4.69) is 145 Å². The Balaban J connectivity index is 0.000000429. The first-order valence-electron chi connectivity index (χ1n) is 44.1. The molecule has 0 N–H and O–H groups in total. The topological polar surface area (TPSA) is 0 Å². The van der Waals surface area contributed by atoms with Gasteiger partial charge in [-0.2, -0.15) is 0 Å². The standard InChI is InChI=1S/C18H33.C17H30.2C15H29.3C10H17.2Al/c1-4-5-6-7-8-9-10-11-17(3)18-14-12-16(2)13-15-18;1-4-5-6-7-8-9-10-16(3)17-13-11-15(2)12-14-17;2*1-4-6-8-9-10-11-12-14-15(3)13-7-5-2;3*1-8(2)10-6-4-9(3)5-7-10;;/h12,17-18H,1,4-11,13-15H2,2-3H3;4,11,16-17H,1,5-10,12-14H2,2-3H3;2*5,15H,1-2,4,6-14H2,3H3;3*4,8,10H,1,5-7H2,2-3H3;;. The summed E-state index contributed by atoms with van der Waals surface area (Å²) in [5.74, 6) is 11.3. The molecule has 5 rings (SSSR count). The lowest BCUT2D eigenvalue weighted by atomic mass is 9.79. The van der Waals surface area contributed by atoms with E-state index in [4.69, 9.17) is 0 Å². The van der Waals surface area contributed by atoms with Crippen LogP contribution in [0.3, 0.4) is 0 Å². The smallest absolute Gasteiger partial charge is 0.103 e. The molecule has 0 aromatic rings. The van der Waals surface area contributed by atoms with Gasteiger partial charge in [-0.1, -0.05) is 354 Å². The maximum Gasteiger partial charge on any atom is 0.262 e. The van der Waals surface area contributed by atoms with Crippen molar-refractivity contribution >= 4 is 28.3 Å². The van der Waals surface area contributed by atoms with Crippen LogP contribution >= 0.6 is 0 Å². The summed E-state index contributed by atoms with van der Waals surface area (Å²) < 4.78 is 0. The molecule has 0 aromatic carbocycles. The highest BCUT2D eigenvalue weighted by atomic mass is 27.2. The Hall–Kier alpha value is -1.02. The van der Waals surface area contributed by atoms with E-state index in [-0.39, 0.29) is 0 Å². The Morgan fingerprint density at radius 2 is 0.526 bits per heavy atom. The van der Waals surface area contributed by atoms with Gasteiger partial charge in [0.25, 0.3) is 28.3 Å². The van der Waals surface area contributed by atoms with E-state index < -0.39 is 28.3 Å². The van der Waals surface area contributed by atoms with Gasteiger partial charge in [-0.25, -0.2) is 0 Å². The number of hydrogen-bond acceptors (Lipinski definition) is 0. The molecule has 0 aliphatic heterocycles. The highest BCUT2D eigenvalue weighted by Gasteiger charge is 2.33. The van der Waals surface area contributed by atoms with Crippen molar-refractivity contribution in [3.8, 4) is 0 Å². The second kappa shape index (κ2) is 59.3. The Bertz CT molecular complexity index is 1950. The number of allylic oxidation sites excluding steroid dienone is 13. The highest BCUT2D eigenvalue weighted by molar-refractivity contribution is 6.59. The maximum absolute atomic E-state index is 3.88. The van der Waals surface area contributed by atoms with Crippen LogP contribution in [0.4, 0.5) is 0 Å². The van der Waals surface area contributed by atoms with E-state index in [0.717, 1.165) is 71.0 Å². The minimum Gasteiger partial charge on any atom is -0.103 e. The first-order valence-corrected chi connectivity index (χ1v) is 49.0. The molecule has 0 bridgehead atoms. The SMILES string of the molecule is C=CCCC(C)CCCCCCCC[CH2][Al]([CH2]CCCCCCCCC(C)CCC=C)[CH2]CCCCCCCCC(C)C1CC=C(C)CC1.C=CCCCCCCC(C)C1CC=C(C)CC1.CC1=CCC(C(C)[CH2][Al]([CH2]C(C)C2CC=C(C)CC2)[CH2]C(C)C2CC=C(C)CC2)CC1. The fourth-order valence-electron chi connectivity index (χ4n) is 18.5. The summed E-state index contributed by atoms with van der Waals surface area (Å²) >= 11 is -1.26. The van der Waals surface area contributed by atoms with E-state index in [1.807, 2.05) is 6.08 Å². The van der Waals surface area contributed by atoms with Crippen LogP contribution in [0, 0.1) is 71.0 Å². The van der Waals surface area contributed by atoms with Gasteiger partial charge in [-0.3, -0.25) is 0 Å². The molecule has 97 heavy (non-hydrogen) atoms. The Morgan fingerprint density at radius 3 is 0.784 bits per heavy atom. The molecule has 0 saturated carbocycles. The summed E-state index contributed by atoms with van der Waals surface area (Å²) in [5, 5.41) is 9.78. The molecule has 0 heterocycles. The molecule has 0 spiro atoms. The molecule has 5 aliphatic rings. The van der Waals surface area contributed by atoms with Crippen LogP contribution < -0.4 is 0 Å². The average molecular weight is 1370 g/mol. The zero-order valence-corrected chi connectivity index (χ0v) is 70.5. The minimum atomic E-state index is -0.729. The van der Waals surface area contributed by atoms with Crippen molar-refractivity contribution < 1.29 is 0 Å². The summed E-state index contributed by atoms with van der Waals surface area (Å²) in [6.45, 7) is 40.8. The van der Waals surface area contributed by atoms with Gasteiger partial charge in [0.15, 0.2) is 0 Å². The number of hydrogen-bond donors (Lipinski definition) is 0. The molecular formula is C95H172Al2. The van der Waals surface area contributed by atoms with Crippen LogP contribution in [-0.2, 0) is 0 Å². The molecular weight excluding hydrogens is 1200 g/mol. The van der Waals surface area contributed by atoms with Crippen LogP contribution in [0.25, 0.3) is 0 Å². The van der Waals surface area contributed by atoms with Gasteiger partial charge in [0.2, 0.25) is 0 Å². The quantitative estimate of drug-likeness (QED) is 0.0323. The highest BCUT2D eigenvalue weighted by Crippen LogP contribution is 2.41. The Labute approximate surface area is 620 Å². The zero-order chi connectivity index (χ0) is 70.5. The lowest BCUT2D eigenvalue weighted by Crippen LogP contribution is -2.29. The van der Waals surface area contributed by atoms with Gasteiger partial charge in [0, 0.05) is 0 Å². The lowest BCUT2D eigenvalue weighted by molar-refractivity contribution is 0.301. The van der Waals surface area contributed by atoms with E-state index in [1.54, 1.807) is 78.8 Å². The molecule has 5 aliphatic carbocycles. The van der Waals surface area contributed by atoms with Crippen molar-refractivity contribution in [1.82, 2.24) is 0 Å². The fourth-order valence-corrected chi connectivity index (χ4v) is 26.8. The summed E-state index contributed by atoms with van der Waals surface area (Å²) in [4.78, 5) is 0. The third-order valence-corrected chi connectivity index (χ3v) is 34.4. The number of unbranched alkanes of at least 4 members (excludes halogenated alkanes) is 22. The largest absolute Gasteiger partial charge is 0.262 e. The molecule has 0 nitrogen and oxygen atoms in total. The zero-order valence-electron chi connectivity index (χ0n) is 68.2. The van der Waals surface area contributed by atoms with Crippen LogP contribution in [0.5, 0.6) is 0 Å². The van der Waals surface area contributed by atoms with E-state index in [9.17, 15) is 0 Å². The van der Waals surface area contributed by atoms with Gasteiger partial charge in [-0.05, 0) is 223 Å². The predicted molar refractivity (Wildman–Crippen MR) is 448 cm³/mol. The first kappa shape index (κ1) is 90.2. The van der Waals surface area contributed by atoms with Crippen molar-refractivity contribution in [1.29, 1.82) is 0 Å². The van der Waals surface area contributed by atoms with Gasteiger partial charge in [0.05, 0.1) is 0 Å². The van der Waals surface area contributed by atoms with Gasteiger partial charge in [0.1, 0.15) is 0 Å². The van der Waals surface area contributed by atoms with Crippen molar-refractivity contribution in [3.05, 3.63) is 96.2 Å². The predicted octanol–water partition coefficient (Wildman–Crippen LogP) is 33.0. The average Bonchev–Trinajstić information content (AvgIpc) is 0.972. The third kappa shape index (κ3) is 46.4. The molecule has 0 aromatic heterocycles. The monoisotopic (exact) mass is 1370 g/mol. The van der Waals surface area contributed by atoms with E-state index >= 15 is 0 Å². The minimum absolute atomic E-state index is 0.534. The molecule has 12 atom stereocenters. The van der Waals surface area contributed by atoms with Crippen molar-refractivity contribution in [2.75, 3.05) is 0 Å². The molecule has 0 saturated heterocycles. The maximum atomic E-state index is 3.88. The Kier molecular flexibility index (Phi) is 55.1. The lowest BCUT2D eigenvalue weighted by Gasteiger charge is -2.34. The third-order valence-electron chi connectivity index (χ3n) is 26.5. The van der Waals surface area contributed by atoms with Gasteiger partial charge < -0.3 is 0 Å². The Morgan fingerprint density at radius 1 is 0.289 bits per heavy atom. The van der Waals surface area contributed by atoms with Gasteiger partial charge in [-0.15, -0.1) is 19.7 Å². The number of rotatable bonds is 54. The van der Waals surface area contributed by atoms with E-state index in [1.165, 1.54) is 295 Å². The molecule has 12 unspecified atom stereocenters. The van der Waals surface area contributed by atoms with Crippen LogP contribution in [-0.4, -0.2) is 28.3 Å². The van der Waals surface area contributed by atoms with Crippen molar-refractivity contribution in [2.24, 2.45) is 71.0 Å². The van der Waals surface area contributed by atoms with Crippen molar-refractivity contribution in [3.63, 3.8) is 0 Å². The molecule has 0 radical (unpaired) electrons. The summed E-state index contributed by atoms with van der Waals surface area (Å²) in [6.07, 6.45) is 88.6. The van der Waals surface area contributed by atoms with Crippen LogP contribution in [0.2, 0.25) is 31.7 Å². The summed E-state index contributed by atoms with van der Waals surface area (Å²) in [6, 6.07) is 0. The fraction of sp³-hybridized carbons (Fsp3) is 0.832. The molecule has 0 fully saturated rings. The second-order valence-corrected chi connectivity index (χ2v) is 42.2.